The molecular weight excluding hydrogens is 456 g/mol. The van der Waals surface area contributed by atoms with E-state index in [1.807, 2.05) is 45.0 Å². The standard InChI is InChI=1S/C22H26BrClN2O3/c1-14(2)25-22(28)16(4)26(12-17-6-5-7-18(23)11-17)21(27)13-29-19-8-9-20(24)15(3)10-19/h5-11,14,16H,12-13H2,1-4H3,(H,25,28)/t16-/m1/s1. The van der Waals surface area contributed by atoms with E-state index in [2.05, 4.69) is 21.2 Å². The van der Waals surface area contributed by atoms with Gasteiger partial charge in [-0.2, -0.15) is 0 Å². The van der Waals surface area contributed by atoms with Crippen LogP contribution in [0.3, 0.4) is 0 Å². The van der Waals surface area contributed by atoms with Crippen LogP contribution in [-0.2, 0) is 16.1 Å². The van der Waals surface area contributed by atoms with Crippen LogP contribution < -0.4 is 10.1 Å². The van der Waals surface area contributed by atoms with E-state index >= 15 is 0 Å². The first-order valence-electron chi connectivity index (χ1n) is 9.40. The maximum Gasteiger partial charge on any atom is 0.261 e. The third kappa shape index (κ3) is 7.05. The molecule has 0 aromatic heterocycles. The summed E-state index contributed by atoms with van der Waals surface area (Å²) in [6.07, 6.45) is 0. The molecule has 0 bridgehead atoms. The van der Waals surface area contributed by atoms with Gasteiger partial charge in [-0.3, -0.25) is 9.59 Å². The van der Waals surface area contributed by atoms with Gasteiger partial charge in [0.1, 0.15) is 11.8 Å². The minimum Gasteiger partial charge on any atom is -0.484 e. The molecule has 2 aromatic rings. The Morgan fingerprint density at radius 1 is 1.17 bits per heavy atom. The summed E-state index contributed by atoms with van der Waals surface area (Å²) in [5.74, 6) is 0.0802. The first kappa shape index (κ1) is 23.2. The zero-order valence-corrected chi connectivity index (χ0v) is 19.4. The molecule has 0 heterocycles. The quantitative estimate of drug-likeness (QED) is 0.593. The summed E-state index contributed by atoms with van der Waals surface area (Å²) in [5, 5.41) is 3.50. The van der Waals surface area contributed by atoms with Gasteiger partial charge in [0, 0.05) is 22.1 Å². The molecule has 0 aliphatic heterocycles. The Kier molecular flexibility index (Phi) is 8.53. The number of benzene rings is 2. The predicted octanol–water partition coefficient (Wildman–Crippen LogP) is 4.73. The van der Waals surface area contributed by atoms with Crippen molar-refractivity contribution in [2.45, 2.75) is 46.3 Å². The number of halogens is 2. The minimum absolute atomic E-state index is 0.0129. The molecular formula is C22H26BrClN2O3. The van der Waals surface area contributed by atoms with Gasteiger partial charge in [0.15, 0.2) is 6.61 Å². The number of nitrogens with one attached hydrogen (secondary N) is 1. The fraction of sp³-hybridized carbons (Fsp3) is 0.364. The molecule has 2 rings (SSSR count). The first-order valence-corrected chi connectivity index (χ1v) is 10.6. The molecule has 0 fully saturated rings. The molecule has 156 valence electrons. The highest BCUT2D eigenvalue weighted by atomic mass is 79.9. The van der Waals surface area contributed by atoms with Gasteiger partial charge in [0.2, 0.25) is 5.91 Å². The summed E-state index contributed by atoms with van der Waals surface area (Å²) in [6, 6.07) is 12.2. The Bertz CT molecular complexity index is 873. The molecule has 0 aliphatic rings. The largest absolute Gasteiger partial charge is 0.484 e. The van der Waals surface area contributed by atoms with Gasteiger partial charge in [-0.15, -0.1) is 0 Å². The smallest absolute Gasteiger partial charge is 0.261 e. The third-order valence-electron chi connectivity index (χ3n) is 4.33. The molecule has 0 saturated carbocycles. The summed E-state index contributed by atoms with van der Waals surface area (Å²) in [7, 11) is 0. The summed E-state index contributed by atoms with van der Waals surface area (Å²) < 4.78 is 6.58. The maximum absolute atomic E-state index is 13.0. The zero-order valence-electron chi connectivity index (χ0n) is 17.0. The molecule has 2 amide bonds. The number of hydrogen-bond donors (Lipinski definition) is 1. The van der Waals surface area contributed by atoms with E-state index in [9.17, 15) is 9.59 Å². The van der Waals surface area contributed by atoms with Gasteiger partial charge < -0.3 is 15.0 Å². The van der Waals surface area contributed by atoms with E-state index in [4.69, 9.17) is 16.3 Å². The lowest BCUT2D eigenvalue weighted by molar-refractivity contribution is -0.142. The molecule has 7 heteroatoms. The molecule has 0 radical (unpaired) electrons. The zero-order chi connectivity index (χ0) is 21.6. The normalized spacial score (nSPS) is 11.8. The number of hydrogen-bond acceptors (Lipinski definition) is 3. The SMILES string of the molecule is Cc1cc(OCC(=O)N(Cc2cccc(Br)c2)[C@H](C)C(=O)NC(C)C)ccc1Cl. The van der Waals surface area contributed by atoms with Gasteiger partial charge >= 0.3 is 0 Å². The summed E-state index contributed by atoms with van der Waals surface area (Å²) in [4.78, 5) is 27.0. The second kappa shape index (κ2) is 10.6. The fourth-order valence-electron chi connectivity index (χ4n) is 2.75. The predicted molar refractivity (Wildman–Crippen MR) is 119 cm³/mol. The second-order valence-corrected chi connectivity index (χ2v) is 8.51. The lowest BCUT2D eigenvalue weighted by Crippen LogP contribution is -2.50. The van der Waals surface area contributed by atoms with E-state index < -0.39 is 6.04 Å². The van der Waals surface area contributed by atoms with Crippen LogP contribution in [0.4, 0.5) is 0 Å². The number of aryl methyl sites for hydroxylation is 1. The minimum atomic E-state index is -0.639. The molecule has 2 aromatic carbocycles. The van der Waals surface area contributed by atoms with E-state index in [0.29, 0.717) is 17.3 Å². The summed E-state index contributed by atoms with van der Waals surface area (Å²) >= 11 is 9.48. The van der Waals surface area contributed by atoms with Crippen molar-refractivity contribution in [2.75, 3.05) is 6.61 Å². The highest BCUT2D eigenvalue weighted by molar-refractivity contribution is 9.10. The van der Waals surface area contributed by atoms with Crippen LogP contribution in [0.15, 0.2) is 46.9 Å². The number of ether oxygens (including phenoxy) is 1. The van der Waals surface area contributed by atoms with Crippen LogP contribution in [-0.4, -0.2) is 35.4 Å². The van der Waals surface area contributed by atoms with Crippen LogP contribution in [0.5, 0.6) is 5.75 Å². The van der Waals surface area contributed by atoms with Gasteiger partial charge in [0.05, 0.1) is 0 Å². The average molecular weight is 482 g/mol. The second-order valence-electron chi connectivity index (χ2n) is 7.19. The van der Waals surface area contributed by atoms with E-state index in [1.165, 1.54) is 4.90 Å². The summed E-state index contributed by atoms with van der Waals surface area (Å²) in [6.45, 7) is 7.49. The molecule has 0 saturated heterocycles. The molecule has 0 spiro atoms. The van der Waals surface area contributed by atoms with Crippen LogP contribution in [0.25, 0.3) is 0 Å². The number of rotatable bonds is 8. The van der Waals surface area contributed by atoms with Crippen LogP contribution >= 0.6 is 27.5 Å². The molecule has 0 aliphatic carbocycles. The van der Waals surface area contributed by atoms with Crippen LogP contribution in [0, 0.1) is 6.92 Å². The van der Waals surface area contributed by atoms with E-state index in [1.54, 1.807) is 25.1 Å². The van der Waals surface area contributed by atoms with Crippen molar-refractivity contribution in [3.63, 3.8) is 0 Å². The highest BCUT2D eigenvalue weighted by Crippen LogP contribution is 2.21. The van der Waals surface area contributed by atoms with Gasteiger partial charge in [-0.25, -0.2) is 0 Å². The lowest BCUT2D eigenvalue weighted by atomic mass is 10.1. The van der Waals surface area contributed by atoms with E-state index in [-0.39, 0.29) is 24.5 Å². The lowest BCUT2D eigenvalue weighted by Gasteiger charge is -2.29. The van der Waals surface area contributed by atoms with E-state index in [0.717, 1.165) is 15.6 Å². The van der Waals surface area contributed by atoms with Gasteiger partial charge in [-0.1, -0.05) is 39.7 Å². The van der Waals surface area contributed by atoms with Crippen molar-refractivity contribution in [1.29, 1.82) is 0 Å². The van der Waals surface area contributed by atoms with Crippen molar-refractivity contribution in [1.82, 2.24) is 10.2 Å². The number of carbonyl (C=O) groups excluding carboxylic acids is 2. The van der Waals surface area contributed by atoms with Crippen LogP contribution in [0.2, 0.25) is 5.02 Å². The maximum atomic E-state index is 13.0. The van der Waals surface area contributed by atoms with Gasteiger partial charge in [0.25, 0.3) is 5.91 Å². The first-order chi connectivity index (χ1) is 13.7. The Hall–Kier alpha value is -2.05. The Morgan fingerprint density at radius 3 is 2.52 bits per heavy atom. The molecule has 1 N–H and O–H groups in total. The summed E-state index contributed by atoms with van der Waals surface area (Å²) in [5.41, 5.74) is 1.78. The number of nitrogens with zero attached hydrogens (tertiary/aromatic N) is 1. The fourth-order valence-corrected chi connectivity index (χ4v) is 3.32. The monoisotopic (exact) mass is 480 g/mol. The Labute approximate surface area is 185 Å². The Balaban J connectivity index is 2.16. The van der Waals surface area contributed by atoms with Gasteiger partial charge in [-0.05, 0) is 69.2 Å². The number of amides is 2. The molecule has 5 nitrogen and oxygen atoms in total. The van der Waals surface area contributed by atoms with Crippen molar-refractivity contribution in [3.05, 3.63) is 63.1 Å². The van der Waals surface area contributed by atoms with Crippen molar-refractivity contribution >= 4 is 39.3 Å². The van der Waals surface area contributed by atoms with Crippen molar-refractivity contribution < 1.29 is 14.3 Å². The molecule has 29 heavy (non-hydrogen) atoms. The van der Waals surface area contributed by atoms with Crippen molar-refractivity contribution in [2.24, 2.45) is 0 Å². The Morgan fingerprint density at radius 2 is 1.90 bits per heavy atom. The topological polar surface area (TPSA) is 58.6 Å². The highest BCUT2D eigenvalue weighted by Gasteiger charge is 2.27. The molecule has 0 unspecified atom stereocenters. The van der Waals surface area contributed by atoms with Crippen molar-refractivity contribution in [3.8, 4) is 5.75 Å². The number of carbonyl (C=O) groups is 2. The molecule has 1 atom stereocenters. The van der Waals surface area contributed by atoms with Crippen LogP contribution in [0.1, 0.15) is 31.9 Å². The average Bonchev–Trinajstić information content (AvgIpc) is 2.65. The third-order valence-corrected chi connectivity index (χ3v) is 5.25.